The molecular formula is C19H21N3O3S. The molecule has 1 amide bonds. The van der Waals surface area contributed by atoms with Gasteiger partial charge in [0.2, 0.25) is 0 Å². The molecule has 3 rings (SSSR count). The maximum absolute atomic E-state index is 12.5. The van der Waals surface area contributed by atoms with E-state index in [1.165, 1.54) is 5.56 Å². The average molecular weight is 371 g/mol. The van der Waals surface area contributed by atoms with Crippen molar-refractivity contribution < 1.29 is 14.3 Å². The van der Waals surface area contributed by atoms with Gasteiger partial charge in [0, 0.05) is 19.2 Å². The first-order valence-electron chi connectivity index (χ1n) is 8.18. The number of rotatable bonds is 7. The van der Waals surface area contributed by atoms with Crippen molar-refractivity contribution in [2.24, 2.45) is 7.05 Å². The monoisotopic (exact) mass is 371 g/mol. The normalized spacial score (nSPS) is 10.6. The number of ether oxygens (including phenoxy) is 2. The fourth-order valence-corrected chi connectivity index (χ4v) is 3.37. The molecule has 0 saturated heterocycles. The molecular weight excluding hydrogens is 350 g/mol. The van der Waals surface area contributed by atoms with Crippen LogP contribution in [0.2, 0.25) is 0 Å². The van der Waals surface area contributed by atoms with Gasteiger partial charge in [0.1, 0.15) is 17.2 Å². The molecule has 0 atom stereocenters. The number of methoxy groups -OCH3 is 2. The summed E-state index contributed by atoms with van der Waals surface area (Å²) in [5.74, 6) is 1.23. The summed E-state index contributed by atoms with van der Waals surface area (Å²) in [6, 6.07) is 9.32. The molecule has 1 aromatic carbocycles. The van der Waals surface area contributed by atoms with Crippen LogP contribution in [0.5, 0.6) is 11.5 Å². The van der Waals surface area contributed by atoms with Crippen molar-refractivity contribution in [1.82, 2.24) is 15.1 Å². The number of carbonyl (C=O) groups excluding carboxylic acids is 1. The smallest absolute Gasteiger partial charge is 0.269 e. The largest absolute Gasteiger partial charge is 0.497 e. The van der Waals surface area contributed by atoms with E-state index < -0.39 is 0 Å². The molecule has 0 saturated carbocycles. The van der Waals surface area contributed by atoms with Crippen molar-refractivity contribution in [3.8, 4) is 22.8 Å². The van der Waals surface area contributed by atoms with E-state index in [4.69, 9.17) is 9.47 Å². The van der Waals surface area contributed by atoms with Gasteiger partial charge in [0.25, 0.3) is 5.91 Å². The first-order valence-corrected chi connectivity index (χ1v) is 9.12. The van der Waals surface area contributed by atoms with Crippen LogP contribution in [-0.2, 0) is 13.5 Å². The van der Waals surface area contributed by atoms with Crippen molar-refractivity contribution in [3.63, 3.8) is 0 Å². The van der Waals surface area contributed by atoms with Crippen molar-refractivity contribution in [1.29, 1.82) is 0 Å². The van der Waals surface area contributed by atoms with E-state index in [0.717, 1.165) is 12.0 Å². The van der Waals surface area contributed by atoms with Gasteiger partial charge >= 0.3 is 0 Å². The number of nitrogens with zero attached hydrogens (tertiary/aromatic N) is 2. The Labute approximate surface area is 156 Å². The molecule has 1 N–H and O–H groups in total. The molecule has 0 aliphatic rings. The molecule has 3 aromatic rings. The predicted octanol–water partition coefficient (Wildman–Crippen LogP) is 3.14. The zero-order valence-corrected chi connectivity index (χ0v) is 15.8. The Morgan fingerprint density at radius 2 is 2.08 bits per heavy atom. The fraction of sp³-hybridized carbons (Fsp3) is 0.263. The van der Waals surface area contributed by atoms with E-state index >= 15 is 0 Å². The Hall–Kier alpha value is -2.80. The van der Waals surface area contributed by atoms with Gasteiger partial charge in [-0.15, -0.1) is 0 Å². The number of amides is 1. The van der Waals surface area contributed by atoms with Gasteiger partial charge in [0.05, 0.1) is 19.9 Å². The summed E-state index contributed by atoms with van der Waals surface area (Å²) >= 11 is 1.66. The molecule has 0 spiro atoms. The van der Waals surface area contributed by atoms with Gasteiger partial charge in [-0.1, -0.05) is 0 Å². The maximum atomic E-state index is 12.5. The summed E-state index contributed by atoms with van der Waals surface area (Å²) in [6.45, 7) is 0.582. The predicted molar refractivity (Wildman–Crippen MR) is 102 cm³/mol. The Kier molecular flexibility index (Phi) is 5.58. The Bertz CT molecular complexity index is 888. The SMILES string of the molecule is COc1ccc(OC)c(-c2cc(C(=O)NCCc3ccsc3)n(C)n2)c1. The van der Waals surface area contributed by atoms with Gasteiger partial charge in [-0.05, 0) is 53.1 Å². The number of nitrogens with one attached hydrogen (secondary N) is 1. The lowest BCUT2D eigenvalue weighted by molar-refractivity contribution is 0.0944. The van der Waals surface area contributed by atoms with E-state index in [0.29, 0.717) is 29.4 Å². The van der Waals surface area contributed by atoms with Crippen LogP contribution in [0, 0.1) is 0 Å². The molecule has 0 unspecified atom stereocenters. The third-order valence-corrected chi connectivity index (χ3v) is 4.81. The van der Waals surface area contributed by atoms with Crippen molar-refractivity contribution >= 4 is 17.2 Å². The van der Waals surface area contributed by atoms with Crippen molar-refractivity contribution in [3.05, 3.63) is 52.3 Å². The number of hydrogen-bond acceptors (Lipinski definition) is 5. The van der Waals surface area contributed by atoms with E-state index in [2.05, 4.69) is 21.9 Å². The summed E-state index contributed by atoms with van der Waals surface area (Å²) in [5.41, 5.74) is 3.16. The van der Waals surface area contributed by atoms with E-state index in [1.807, 2.05) is 23.6 Å². The van der Waals surface area contributed by atoms with Crippen LogP contribution in [0.15, 0.2) is 41.1 Å². The summed E-state index contributed by atoms with van der Waals surface area (Å²) in [4.78, 5) is 12.5. The molecule has 7 heteroatoms. The number of benzene rings is 1. The first-order chi connectivity index (χ1) is 12.6. The quantitative estimate of drug-likeness (QED) is 0.693. The third kappa shape index (κ3) is 3.88. The molecule has 136 valence electrons. The second-order valence-corrected chi connectivity index (χ2v) is 6.52. The number of hydrogen-bond donors (Lipinski definition) is 1. The van der Waals surface area contributed by atoms with E-state index in [9.17, 15) is 4.79 Å². The number of aryl methyl sites for hydroxylation is 1. The summed E-state index contributed by atoms with van der Waals surface area (Å²) in [5, 5.41) is 11.5. The third-order valence-electron chi connectivity index (χ3n) is 4.07. The number of thiophene rings is 1. The fourth-order valence-electron chi connectivity index (χ4n) is 2.67. The summed E-state index contributed by atoms with van der Waals surface area (Å²) < 4.78 is 12.3. The van der Waals surface area contributed by atoms with Crippen LogP contribution >= 0.6 is 11.3 Å². The van der Waals surface area contributed by atoms with Gasteiger partial charge in [-0.25, -0.2) is 0 Å². The van der Waals surface area contributed by atoms with Crippen LogP contribution in [0.4, 0.5) is 0 Å². The second-order valence-electron chi connectivity index (χ2n) is 5.74. The molecule has 0 aliphatic heterocycles. The lowest BCUT2D eigenvalue weighted by atomic mass is 10.1. The standard InChI is InChI=1S/C19H21N3O3S/c1-22-17(19(23)20-8-6-13-7-9-26-12-13)11-16(21-22)15-10-14(24-2)4-5-18(15)25-3/h4-5,7,9-12H,6,8H2,1-3H3,(H,20,23). The zero-order valence-electron chi connectivity index (χ0n) is 15.0. The van der Waals surface area contributed by atoms with E-state index in [-0.39, 0.29) is 5.91 Å². The number of aromatic nitrogens is 2. The van der Waals surface area contributed by atoms with Gasteiger partial charge in [-0.2, -0.15) is 16.4 Å². The lowest BCUT2D eigenvalue weighted by Gasteiger charge is -2.08. The minimum atomic E-state index is -0.150. The molecule has 2 aromatic heterocycles. The van der Waals surface area contributed by atoms with Gasteiger partial charge in [0.15, 0.2) is 0 Å². The van der Waals surface area contributed by atoms with Crippen molar-refractivity contribution in [2.45, 2.75) is 6.42 Å². The molecule has 2 heterocycles. The highest BCUT2D eigenvalue weighted by atomic mass is 32.1. The first kappa shape index (κ1) is 18.0. The molecule has 0 fully saturated rings. The van der Waals surface area contributed by atoms with Gasteiger partial charge < -0.3 is 14.8 Å². The summed E-state index contributed by atoms with van der Waals surface area (Å²) in [6.07, 6.45) is 0.809. The van der Waals surface area contributed by atoms with E-state index in [1.54, 1.807) is 43.4 Å². The summed E-state index contributed by atoms with van der Waals surface area (Å²) in [7, 11) is 4.96. The zero-order chi connectivity index (χ0) is 18.5. The molecule has 0 bridgehead atoms. The topological polar surface area (TPSA) is 65.4 Å². The van der Waals surface area contributed by atoms with Crippen molar-refractivity contribution in [2.75, 3.05) is 20.8 Å². The van der Waals surface area contributed by atoms with Crippen LogP contribution in [-0.4, -0.2) is 36.5 Å². The second kappa shape index (κ2) is 8.05. The molecule has 26 heavy (non-hydrogen) atoms. The van der Waals surface area contributed by atoms with Crippen LogP contribution in [0.25, 0.3) is 11.3 Å². The minimum Gasteiger partial charge on any atom is -0.497 e. The Morgan fingerprint density at radius 3 is 2.77 bits per heavy atom. The lowest BCUT2D eigenvalue weighted by Crippen LogP contribution is -2.27. The highest BCUT2D eigenvalue weighted by Gasteiger charge is 2.17. The van der Waals surface area contributed by atoms with Crippen LogP contribution in [0.3, 0.4) is 0 Å². The Balaban J connectivity index is 1.77. The molecule has 0 radical (unpaired) electrons. The van der Waals surface area contributed by atoms with Crippen LogP contribution in [0.1, 0.15) is 16.1 Å². The van der Waals surface area contributed by atoms with Gasteiger partial charge in [-0.3, -0.25) is 9.48 Å². The maximum Gasteiger partial charge on any atom is 0.269 e. The molecule has 6 nitrogen and oxygen atoms in total. The highest BCUT2D eigenvalue weighted by molar-refractivity contribution is 7.07. The average Bonchev–Trinajstić information content (AvgIpc) is 3.30. The number of carbonyl (C=O) groups is 1. The Morgan fingerprint density at radius 1 is 1.23 bits per heavy atom. The highest BCUT2D eigenvalue weighted by Crippen LogP contribution is 2.32. The molecule has 0 aliphatic carbocycles. The van der Waals surface area contributed by atoms with Crippen LogP contribution < -0.4 is 14.8 Å². The minimum absolute atomic E-state index is 0.150.